The van der Waals surface area contributed by atoms with E-state index in [1.54, 1.807) is 0 Å². The van der Waals surface area contributed by atoms with Gasteiger partial charge in [-0.05, 0) is 6.92 Å². The number of aliphatic hydroxyl groups is 2. The number of thiocarbonyl (C=S) groups is 1. The average Bonchev–Trinajstić information content (AvgIpc) is 2.50. The lowest BCUT2D eigenvalue weighted by Gasteiger charge is -2.23. The summed E-state index contributed by atoms with van der Waals surface area (Å²) < 4.78 is 0. The lowest BCUT2D eigenvalue weighted by atomic mass is 10.2. The van der Waals surface area contributed by atoms with Gasteiger partial charge in [-0.25, -0.2) is 15.0 Å². The third-order valence-corrected chi connectivity index (χ3v) is 3.26. The van der Waals surface area contributed by atoms with Crippen molar-refractivity contribution in [2.75, 3.05) is 13.2 Å². The molecule has 13 heteroatoms. The molecule has 0 bridgehead atoms. The highest BCUT2D eigenvalue weighted by molar-refractivity contribution is 7.80. The Labute approximate surface area is 149 Å². The second kappa shape index (κ2) is 11.5. The molecule has 1 unspecified atom stereocenters. The van der Waals surface area contributed by atoms with E-state index in [1.807, 2.05) is 5.32 Å². The first-order chi connectivity index (χ1) is 11.6. The van der Waals surface area contributed by atoms with Gasteiger partial charge in [0, 0.05) is 12.6 Å². The molecule has 0 aliphatic heterocycles. The number of carboxylic acids is 1. The molecule has 0 aromatic heterocycles. The van der Waals surface area contributed by atoms with Gasteiger partial charge in [-0.3, -0.25) is 4.79 Å². The molecule has 0 aliphatic rings. The van der Waals surface area contributed by atoms with Gasteiger partial charge in [0.25, 0.3) is 0 Å². The molecule has 0 saturated heterocycles. The Morgan fingerprint density at radius 1 is 1.24 bits per heavy atom. The fourth-order valence-corrected chi connectivity index (χ4v) is 1.78. The number of hydrazine groups is 1. The predicted molar refractivity (Wildman–Crippen MR) is 91.2 cm³/mol. The topological polar surface area (TPSA) is 212 Å². The fraction of sp³-hybridized carbons (Fsp3) is 0.667. The summed E-state index contributed by atoms with van der Waals surface area (Å²) >= 11 is 5.02. The van der Waals surface area contributed by atoms with Gasteiger partial charge in [0.15, 0.2) is 6.04 Å². The molecule has 11 N–H and O–H groups in total. The summed E-state index contributed by atoms with van der Waals surface area (Å²) in [6.07, 6.45) is -1.69. The molecule has 0 aliphatic carbocycles. The Hall–Kier alpha value is -2.06. The van der Waals surface area contributed by atoms with E-state index >= 15 is 0 Å². The Bertz CT molecular complexity index is 491. The third kappa shape index (κ3) is 9.73. The van der Waals surface area contributed by atoms with Crippen LogP contribution in [-0.2, 0) is 9.59 Å². The molecular formula is C12H24N6O6S. The van der Waals surface area contributed by atoms with E-state index in [0.29, 0.717) is 0 Å². The number of aliphatic carboxylic acids is 1. The van der Waals surface area contributed by atoms with E-state index in [0.717, 1.165) is 0 Å². The number of carbonyl (C=O) groups is 3. The van der Waals surface area contributed by atoms with Gasteiger partial charge in [-0.2, -0.15) is 0 Å². The van der Waals surface area contributed by atoms with E-state index in [4.69, 9.17) is 33.9 Å². The van der Waals surface area contributed by atoms with E-state index in [9.17, 15) is 19.5 Å². The maximum absolute atomic E-state index is 11.9. The highest BCUT2D eigenvalue weighted by atomic mass is 32.1. The Balaban J connectivity index is 4.75. The van der Waals surface area contributed by atoms with Crippen molar-refractivity contribution in [2.45, 2.75) is 37.6 Å². The van der Waals surface area contributed by atoms with Crippen LogP contribution in [0.1, 0.15) is 13.3 Å². The molecular weight excluding hydrogens is 356 g/mol. The lowest BCUT2D eigenvalue weighted by molar-refractivity contribution is -0.141. The lowest BCUT2D eigenvalue weighted by Crippen LogP contribution is -2.57. The predicted octanol–water partition coefficient (Wildman–Crippen LogP) is -3.90. The van der Waals surface area contributed by atoms with Crippen LogP contribution in [0.4, 0.5) is 4.79 Å². The first kappa shape index (κ1) is 22.9. The van der Waals surface area contributed by atoms with Crippen molar-refractivity contribution in [1.82, 2.24) is 21.5 Å². The molecule has 3 amide bonds. The second-order valence-electron chi connectivity index (χ2n) is 5.21. The average molecular weight is 380 g/mol. The zero-order valence-electron chi connectivity index (χ0n) is 13.6. The van der Waals surface area contributed by atoms with Crippen LogP contribution in [-0.4, -0.2) is 75.6 Å². The van der Waals surface area contributed by atoms with Crippen LogP contribution < -0.4 is 33.0 Å². The quantitative estimate of drug-likeness (QED) is 0.125. The highest BCUT2D eigenvalue weighted by Crippen LogP contribution is 1.97. The largest absolute Gasteiger partial charge is 0.480 e. The van der Waals surface area contributed by atoms with Crippen LogP contribution in [0, 0.1) is 0 Å². The number of hydrogen-bond acceptors (Lipinski definition) is 8. The molecule has 4 atom stereocenters. The van der Waals surface area contributed by atoms with Crippen LogP contribution in [0.5, 0.6) is 0 Å². The normalized spacial score (nSPS) is 15.4. The Kier molecular flexibility index (Phi) is 10.5. The Morgan fingerprint density at radius 3 is 2.28 bits per heavy atom. The highest BCUT2D eigenvalue weighted by Gasteiger charge is 2.27. The molecule has 25 heavy (non-hydrogen) atoms. The molecule has 0 saturated carbocycles. The number of rotatable bonds is 11. The van der Waals surface area contributed by atoms with Crippen LogP contribution in [0.2, 0.25) is 0 Å². The number of carbonyl (C=O) groups excluding carboxylic acids is 2. The minimum atomic E-state index is -1.54. The second-order valence-corrected chi connectivity index (χ2v) is 5.65. The zero-order valence-corrected chi connectivity index (χ0v) is 14.4. The summed E-state index contributed by atoms with van der Waals surface area (Å²) in [4.78, 5) is 33.9. The zero-order chi connectivity index (χ0) is 19.6. The van der Waals surface area contributed by atoms with Gasteiger partial charge < -0.3 is 42.8 Å². The fourth-order valence-electron chi connectivity index (χ4n) is 1.56. The van der Waals surface area contributed by atoms with Crippen molar-refractivity contribution in [3.63, 3.8) is 0 Å². The van der Waals surface area contributed by atoms with Gasteiger partial charge in [-0.15, -0.1) is 0 Å². The van der Waals surface area contributed by atoms with Crippen molar-refractivity contribution >= 4 is 35.1 Å². The van der Waals surface area contributed by atoms with E-state index in [1.165, 1.54) is 6.92 Å². The minimum Gasteiger partial charge on any atom is -0.480 e. The molecule has 0 radical (unpaired) electrons. The summed E-state index contributed by atoms with van der Waals surface area (Å²) in [7, 11) is 0. The van der Waals surface area contributed by atoms with Gasteiger partial charge in [-0.1, -0.05) is 12.2 Å². The number of aliphatic hydroxyl groups excluding tert-OH is 2. The van der Waals surface area contributed by atoms with E-state index < -0.39 is 42.1 Å². The van der Waals surface area contributed by atoms with Crippen LogP contribution in [0.3, 0.4) is 0 Å². The molecule has 0 aromatic rings. The standard InChI is InChI=1S/C12H24N6O6S/c1-5(20)9(11(22)23)17-12(24)16-7(2-8(14)21)10(25)18-15-3-6(13)4-19/h5-7,9,15,19-20H,2-4,13H2,1H3,(H2,14,21)(H,18,25)(H,22,23)(H2,16,17,24)/t5?,6-,7+,9+/m1/s1. The van der Waals surface area contributed by atoms with Gasteiger partial charge >= 0.3 is 12.0 Å². The Morgan fingerprint density at radius 2 is 1.84 bits per heavy atom. The monoisotopic (exact) mass is 380 g/mol. The SMILES string of the molecule is CC(O)[C@H](NC(=O)N[C@@H](CC(N)=O)C(=S)NNC[C@@H](N)CO)C(=O)O. The van der Waals surface area contributed by atoms with E-state index in [-0.39, 0.29) is 24.6 Å². The molecule has 0 heterocycles. The number of nitrogens with two attached hydrogens (primary N) is 2. The maximum Gasteiger partial charge on any atom is 0.328 e. The number of primary amides is 1. The first-order valence-corrected chi connectivity index (χ1v) is 7.64. The number of hydrogen-bond donors (Lipinski definition) is 9. The molecule has 0 aromatic carbocycles. The molecule has 144 valence electrons. The summed E-state index contributed by atoms with van der Waals surface area (Å²) in [5.74, 6) is -2.19. The maximum atomic E-state index is 11.9. The molecule has 0 rings (SSSR count). The van der Waals surface area contributed by atoms with E-state index in [2.05, 4.69) is 16.2 Å². The number of nitrogens with one attached hydrogen (secondary N) is 4. The molecule has 0 fully saturated rings. The van der Waals surface area contributed by atoms with Gasteiger partial charge in [0.05, 0.1) is 25.2 Å². The van der Waals surface area contributed by atoms with Crippen LogP contribution in [0.15, 0.2) is 0 Å². The molecule has 12 nitrogen and oxygen atoms in total. The summed E-state index contributed by atoms with van der Waals surface area (Å²) in [5.41, 5.74) is 15.7. The number of urea groups is 1. The van der Waals surface area contributed by atoms with Crippen molar-refractivity contribution in [3.05, 3.63) is 0 Å². The van der Waals surface area contributed by atoms with Crippen molar-refractivity contribution in [2.24, 2.45) is 11.5 Å². The van der Waals surface area contributed by atoms with Gasteiger partial charge in [0.1, 0.15) is 4.99 Å². The van der Waals surface area contributed by atoms with Crippen molar-refractivity contribution in [1.29, 1.82) is 0 Å². The molecule has 0 spiro atoms. The summed E-state index contributed by atoms with van der Waals surface area (Å²) in [6, 6.07) is -4.09. The smallest absolute Gasteiger partial charge is 0.328 e. The van der Waals surface area contributed by atoms with Crippen molar-refractivity contribution < 1.29 is 29.7 Å². The third-order valence-electron chi connectivity index (χ3n) is 2.87. The van der Waals surface area contributed by atoms with Crippen LogP contribution in [0.25, 0.3) is 0 Å². The summed E-state index contributed by atoms with van der Waals surface area (Å²) in [6.45, 7) is 1.08. The van der Waals surface area contributed by atoms with Crippen LogP contribution >= 0.6 is 12.2 Å². The minimum absolute atomic E-state index is 0.0111. The first-order valence-electron chi connectivity index (χ1n) is 7.23. The number of amides is 3. The van der Waals surface area contributed by atoms with Crippen molar-refractivity contribution in [3.8, 4) is 0 Å². The number of carboxylic acid groups (broad SMARTS) is 1. The van der Waals surface area contributed by atoms with Gasteiger partial charge in [0.2, 0.25) is 5.91 Å². The summed E-state index contributed by atoms with van der Waals surface area (Å²) in [5, 5.41) is 31.4.